The van der Waals surface area contributed by atoms with Crippen molar-refractivity contribution in [2.24, 2.45) is 7.05 Å². The van der Waals surface area contributed by atoms with Gasteiger partial charge in [-0.05, 0) is 26.8 Å². The summed E-state index contributed by atoms with van der Waals surface area (Å²) < 4.78 is 29.2. The van der Waals surface area contributed by atoms with Crippen LogP contribution in [0.1, 0.15) is 40.4 Å². The van der Waals surface area contributed by atoms with Gasteiger partial charge in [-0.3, -0.25) is 9.89 Å². The molecule has 0 aliphatic carbocycles. The van der Waals surface area contributed by atoms with Gasteiger partial charge >= 0.3 is 0 Å². The molecule has 0 aromatic carbocycles. The van der Waals surface area contributed by atoms with E-state index in [-0.39, 0.29) is 16.5 Å². The smallest absolute Gasteiger partial charge is 0.267 e. The normalized spacial score (nSPS) is 13.1. The summed E-state index contributed by atoms with van der Waals surface area (Å²) >= 11 is 0. The highest BCUT2D eigenvalue weighted by Crippen LogP contribution is 2.22. The molecule has 23 heavy (non-hydrogen) atoms. The molecule has 0 saturated heterocycles. The van der Waals surface area contributed by atoms with Crippen LogP contribution in [0.3, 0.4) is 0 Å². The zero-order chi connectivity index (χ0) is 17.4. The Hall–Kier alpha value is -2.13. The van der Waals surface area contributed by atoms with Crippen LogP contribution in [0.2, 0.25) is 0 Å². The number of carbonyl (C=O) groups is 1. The van der Waals surface area contributed by atoms with Gasteiger partial charge in [-0.25, -0.2) is 13.1 Å². The summed E-state index contributed by atoms with van der Waals surface area (Å²) in [4.78, 5) is 11.8. The second-order valence-electron chi connectivity index (χ2n) is 5.44. The Labute approximate surface area is 135 Å². The quantitative estimate of drug-likeness (QED) is 0.747. The van der Waals surface area contributed by atoms with Crippen molar-refractivity contribution in [1.29, 1.82) is 0 Å². The second-order valence-corrected chi connectivity index (χ2v) is 7.16. The molecule has 3 N–H and O–H groups in total. The summed E-state index contributed by atoms with van der Waals surface area (Å²) in [5.74, 6) is -0.344. The van der Waals surface area contributed by atoms with Gasteiger partial charge in [-0.15, -0.1) is 0 Å². The fourth-order valence-corrected chi connectivity index (χ4v) is 3.88. The maximum absolute atomic E-state index is 12.6. The van der Waals surface area contributed by atoms with Crippen LogP contribution < -0.4 is 10.0 Å². The lowest BCUT2D eigenvalue weighted by Gasteiger charge is -2.14. The van der Waals surface area contributed by atoms with Gasteiger partial charge in [0.2, 0.25) is 10.0 Å². The van der Waals surface area contributed by atoms with E-state index in [4.69, 9.17) is 0 Å². The number of sulfonamides is 1. The summed E-state index contributed by atoms with van der Waals surface area (Å²) in [6.07, 6.45) is 1.41. The molecule has 2 aromatic rings. The van der Waals surface area contributed by atoms with Crippen LogP contribution in [0.5, 0.6) is 0 Å². The fourth-order valence-electron chi connectivity index (χ4n) is 2.59. The molecular formula is C14H21N5O3S. The van der Waals surface area contributed by atoms with Gasteiger partial charge < -0.3 is 9.88 Å². The number of aromatic amines is 1. The molecule has 0 fully saturated rings. The van der Waals surface area contributed by atoms with Crippen LogP contribution >= 0.6 is 0 Å². The number of hydrogen-bond acceptors (Lipinski definition) is 4. The van der Waals surface area contributed by atoms with Crippen LogP contribution in [0.15, 0.2) is 17.2 Å². The number of H-pyrrole nitrogens is 1. The van der Waals surface area contributed by atoms with E-state index in [1.807, 2.05) is 13.8 Å². The Morgan fingerprint density at radius 3 is 2.57 bits per heavy atom. The molecule has 0 aliphatic rings. The van der Waals surface area contributed by atoms with Crippen LogP contribution in [0.4, 0.5) is 0 Å². The molecule has 0 aliphatic heterocycles. The number of nitrogens with one attached hydrogen (secondary N) is 3. The highest BCUT2D eigenvalue weighted by Gasteiger charge is 2.24. The van der Waals surface area contributed by atoms with Crippen molar-refractivity contribution in [2.45, 2.75) is 31.7 Å². The number of amides is 1. The monoisotopic (exact) mass is 339 g/mol. The Balaban J connectivity index is 2.31. The highest BCUT2D eigenvalue weighted by molar-refractivity contribution is 7.89. The molecule has 0 radical (unpaired) electrons. The Morgan fingerprint density at radius 1 is 1.39 bits per heavy atom. The average molecular weight is 339 g/mol. The first-order valence-electron chi connectivity index (χ1n) is 7.09. The summed E-state index contributed by atoms with van der Waals surface area (Å²) in [7, 11) is -0.638. The molecule has 0 saturated carbocycles. The van der Waals surface area contributed by atoms with Crippen LogP contribution in [0.25, 0.3) is 0 Å². The molecule has 1 atom stereocenters. The summed E-state index contributed by atoms with van der Waals surface area (Å²) in [5, 5.41) is 9.39. The fraction of sp³-hybridized carbons (Fsp3) is 0.429. The topological polar surface area (TPSA) is 109 Å². The third-order valence-electron chi connectivity index (χ3n) is 3.70. The maximum atomic E-state index is 12.6. The average Bonchev–Trinajstić information content (AvgIpc) is 3.01. The van der Waals surface area contributed by atoms with Crippen molar-refractivity contribution < 1.29 is 13.2 Å². The number of rotatable bonds is 5. The molecule has 2 aromatic heterocycles. The highest BCUT2D eigenvalue weighted by atomic mass is 32.2. The number of hydrogen-bond donors (Lipinski definition) is 3. The minimum atomic E-state index is -3.75. The largest absolute Gasteiger partial charge is 0.354 e. The Bertz CT molecular complexity index is 815. The third-order valence-corrected chi connectivity index (χ3v) is 5.21. The first-order valence-corrected chi connectivity index (χ1v) is 8.58. The summed E-state index contributed by atoms with van der Waals surface area (Å²) in [5.41, 5.74) is 2.65. The molecule has 2 rings (SSSR count). The van der Waals surface area contributed by atoms with E-state index in [1.54, 1.807) is 14.0 Å². The number of carbonyl (C=O) groups excluding carboxylic acids is 1. The lowest BCUT2D eigenvalue weighted by molar-refractivity contribution is 0.0955. The zero-order valence-corrected chi connectivity index (χ0v) is 14.6. The number of nitrogens with zero attached hydrogens (tertiary/aromatic N) is 2. The van der Waals surface area contributed by atoms with Crippen molar-refractivity contribution in [3.63, 3.8) is 0 Å². The minimum Gasteiger partial charge on any atom is -0.354 e. The van der Waals surface area contributed by atoms with E-state index in [2.05, 4.69) is 20.2 Å². The van der Waals surface area contributed by atoms with E-state index in [0.29, 0.717) is 0 Å². The lowest BCUT2D eigenvalue weighted by Crippen LogP contribution is -2.27. The molecule has 8 nitrogen and oxygen atoms in total. The molecule has 9 heteroatoms. The summed E-state index contributed by atoms with van der Waals surface area (Å²) in [6.45, 7) is 5.41. The maximum Gasteiger partial charge on any atom is 0.267 e. The molecular weight excluding hydrogens is 318 g/mol. The SMILES string of the molecule is CNC(=O)c1cc(S(=O)(=O)NC(C)c2c(C)n[nH]c2C)cn1C. The third kappa shape index (κ3) is 3.30. The number of aromatic nitrogens is 3. The second kappa shape index (κ2) is 6.17. The first kappa shape index (κ1) is 17.2. The van der Waals surface area contributed by atoms with Crippen LogP contribution in [-0.2, 0) is 17.1 Å². The van der Waals surface area contributed by atoms with Crippen molar-refractivity contribution >= 4 is 15.9 Å². The molecule has 1 unspecified atom stereocenters. The van der Waals surface area contributed by atoms with Crippen LogP contribution in [-0.4, -0.2) is 36.1 Å². The van der Waals surface area contributed by atoms with Crippen molar-refractivity contribution in [3.8, 4) is 0 Å². The summed E-state index contributed by atoms with van der Waals surface area (Å²) in [6, 6.07) is 0.908. The van der Waals surface area contributed by atoms with Gasteiger partial charge in [0, 0.05) is 37.6 Å². The first-order chi connectivity index (χ1) is 10.7. The van der Waals surface area contributed by atoms with Crippen molar-refractivity contribution in [1.82, 2.24) is 24.8 Å². The van der Waals surface area contributed by atoms with Gasteiger partial charge in [0.1, 0.15) is 10.6 Å². The molecule has 0 bridgehead atoms. The predicted molar refractivity (Wildman–Crippen MR) is 85.6 cm³/mol. The van der Waals surface area contributed by atoms with E-state index in [1.165, 1.54) is 23.9 Å². The molecule has 1 amide bonds. The van der Waals surface area contributed by atoms with E-state index >= 15 is 0 Å². The van der Waals surface area contributed by atoms with E-state index in [9.17, 15) is 13.2 Å². The zero-order valence-electron chi connectivity index (χ0n) is 13.8. The Morgan fingerprint density at radius 2 is 2.04 bits per heavy atom. The predicted octanol–water partition coefficient (Wildman–Crippen LogP) is 0.764. The van der Waals surface area contributed by atoms with Gasteiger partial charge in [-0.2, -0.15) is 5.10 Å². The van der Waals surface area contributed by atoms with Gasteiger partial charge in [-0.1, -0.05) is 0 Å². The standard InChI is InChI=1S/C14H21N5O3S/c1-8-13(9(2)17-16-8)10(3)18-23(21,22)11-6-12(14(20)15-4)19(5)7-11/h6-7,10,18H,1-5H3,(H,15,20)(H,16,17). The molecule has 2 heterocycles. The molecule has 126 valence electrons. The van der Waals surface area contributed by atoms with Gasteiger partial charge in [0.05, 0.1) is 5.69 Å². The minimum absolute atomic E-state index is 0.0456. The lowest BCUT2D eigenvalue weighted by atomic mass is 10.1. The number of aryl methyl sites for hydroxylation is 3. The van der Waals surface area contributed by atoms with Gasteiger partial charge in [0.15, 0.2) is 0 Å². The van der Waals surface area contributed by atoms with E-state index < -0.39 is 16.1 Å². The molecule has 0 spiro atoms. The Kier molecular flexibility index (Phi) is 4.62. The van der Waals surface area contributed by atoms with Crippen LogP contribution in [0, 0.1) is 13.8 Å². The van der Waals surface area contributed by atoms with Crippen molar-refractivity contribution in [3.05, 3.63) is 34.9 Å². The van der Waals surface area contributed by atoms with Crippen molar-refractivity contribution in [2.75, 3.05) is 7.05 Å². The van der Waals surface area contributed by atoms with E-state index in [0.717, 1.165) is 17.0 Å². The van der Waals surface area contributed by atoms with Gasteiger partial charge in [0.25, 0.3) is 5.91 Å².